The molecule has 0 amide bonds. The van der Waals surface area contributed by atoms with Crippen molar-refractivity contribution in [3.8, 4) is 11.5 Å². The molecule has 2 N–H and O–H groups in total. The lowest BCUT2D eigenvalue weighted by atomic mass is 10.0. The van der Waals surface area contributed by atoms with E-state index in [1.54, 1.807) is 31.8 Å². The van der Waals surface area contributed by atoms with Crippen LogP contribution in [0.4, 0.5) is 0 Å². The summed E-state index contributed by atoms with van der Waals surface area (Å²) >= 11 is 1.60. The first-order valence-electron chi connectivity index (χ1n) is 5.61. The molecule has 2 aromatic rings. The van der Waals surface area contributed by atoms with Crippen molar-refractivity contribution in [2.75, 3.05) is 14.2 Å². The molecular weight excluding hydrogens is 248 g/mol. The van der Waals surface area contributed by atoms with Crippen molar-refractivity contribution in [2.24, 2.45) is 5.73 Å². The highest BCUT2D eigenvalue weighted by Crippen LogP contribution is 2.34. The number of hydrogen-bond acceptors (Lipinski definition) is 5. The van der Waals surface area contributed by atoms with Gasteiger partial charge in [-0.1, -0.05) is 6.07 Å². The largest absolute Gasteiger partial charge is 0.496 e. The van der Waals surface area contributed by atoms with Crippen molar-refractivity contribution >= 4 is 11.3 Å². The Morgan fingerprint density at radius 2 is 1.94 bits per heavy atom. The molecule has 0 aliphatic rings. The van der Waals surface area contributed by atoms with Gasteiger partial charge in [-0.05, 0) is 12.1 Å². The summed E-state index contributed by atoms with van der Waals surface area (Å²) in [6, 6.07) is 5.47. The molecule has 1 aromatic carbocycles. The molecule has 4 nitrogen and oxygen atoms in total. The maximum Gasteiger partial charge on any atom is 0.127 e. The van der Waals surface area contributed by atoms with Crippen LogP contribution in [-0.4, -0.2) is 19.2 Å². The number of nitrogens with two attached hydrogens (primary N) is 1. The first-order valence-corrected chi connectivity index (χ1v) is 6.49. The number of benzene rings is 1. The molecule has 1 aromatic heterocycles. The summed E-state index contributed by atoms with van der Waals surface area (Å²) in [6.07, 6.45) is 2.46. The molecule has 18 heavy (non-hydrogen) atoms. The normalized spacial score (nSPS) is 12.2. The molecule has 0 saturated carbocycles. The zero-order valence-corrected chi connectivity index (χ0v) is 11.2. The molecule has 5 heteroatoms. The number of ether oxygens (including phenoxy) is 2. The predicted molar refractivity (Wildman–Crippen MR) is 72.3 cm³/mol. The van der Waals surface area contributed by atoms with Crippen LogP contribution in [0.3, 0.4) is 0 Å². The topological polar surface area (TPSA) is 57.4 Å². The van der Waals surface area contributed by atoms with Crippen LogP contribution in [0.25, 0.3) is 0 Å². The van der Waals surface area contributed by atoms with Crippen molar-refractivity contribution in [3.05, 3.63) is 40.3 Å². The summed E-state index contributed by atoms with van der Waals surface area (Å²) in [7, 11) is 3.27. The standard InChI is InChI=1S/C13H16N2O2S/c1-16-10-4-3-5-11(17-2)13(10)9(14)8-12-15-6-7-18-12/h3-7,9H,8,14H2,1-2H3. The first kappa shape index (κ1) is 12.9. The number of rotatable bonds is 5. The third-order valence-electron chi connectivity index (χ3n) is 2.71. The van der Waals surface area contributed by atoms with Crippen LogP contribution in [0.5, 0.6) is 11.5 Å². The second kappa shape index (κ2) is 5.84. The minimum Gasteiger partial charge on any atom is -0.496 e. The zero-order valence-electron chi connectivity index (χ0n) is 10.4. The van der Waals surface area contributed by atoms with Crippen LogP contribution in [0.15, 0.2) is 29.8 Å². The van der Waals surface area contributed by atoms with E-state index in [1.165, 1.54) is 0 Å². The SMILES string of the molecule is COc1cccc(OC)c1C(N)Cc1nccs1. The summed E-state index contributed by atoms with van der Waals surface area (Å²) in [4.78, 5) is 4.25. The van der Waals surface area contributed by atoms with Gasteiger partial charge in [-0.15, -0.1) is 11.3 Å². The van der Waals surface area contributed by atoms with Gasteiger partial charge in [0.25, 0.3) is 0 Å². The van der Waals surface area contributed by atoms with E-state index >= 15 is 0 Å². The Labute approximate surface area is 110 Å². The van der Waals surface area contributed by atoms with Gasteiger partial charge < -0.3 is 15.2 Å². The number of methoxy groups -OCH3 is 2. The van der Waals surface area contributed by atoms with E-state index in [4.69, 9.17) is 15.2 Å². The van der Waals surface area contributed by atoms with E-state index in [0.29, 0.717) is 6.42 Å². The molecule has 1 unspecified atom stereocenters. The van der Waals surface area contributed by atoms with Crippen molar-refractivity contribution in [2.45, 2.75) is 12.5 Å². The smallest absolute Gasteiger partial charge is 0.127 e. The molecule has 1 atom stereocenters. The van der Waals surface area contributed by atoms with Crippen LogP contribution in [0.2, 0.25) is 0 Å². The van der Waals surface area contributed by atoms with Gasteiger partial charge in [-0.25, -0.2) is 4.98 Å². The molecule has 0 aliphatic heterocycles. The van der Waals surface area contributed by atoms with Gasteiger partial charge in [-0.2, -0.15) is 0 Å². The predicted octanol–water partition coefficient (Wildman–Crippen LogP) is 2.40. The van der Waals surface area contributed by atoms with Crippen molar-refractivity contribution in [3.63, 3.8) is 0 Å². The van der Waals surface area contributed by atoms with Gasteiger partial charge in [0.2, 0.25) is 0 Å². The number of nitrogens with zero attached hydrogens (tertiary/aromatic N) is 1. The monoisotopic (exact) mass is 264 g/mol. The number of thiazole rings is 1. The van der Waals surface area contributed by atoms with Crippen molar-refractivity contribution in [1.82, 2.24) is 4.98 Å². The molecule has 0 radical (unpaired) electrons. The van der Waals surface area contributed by atoms with Crippen molar-refractivity contribution in [1.29, 1.82) is 0 Å². The van der Waals surface area contributed by atoms with Gasteiger partial charge in [0, 0.05) is 24.0 Å². The lowest BCUT2D eigenvalue weighted by Gasteiger charge is -2.18. The molecule has 96 valence electrons. The fourth-order valence-electron chi connectivity index (χ4n) is 1.89. The Bertz CT molecular complexity index is 477. The van der Waals surface area contributed by atoms with Crippen molar-refractivity contribution < 1.29 is 9.47 Å². The first-order chi connectivity index (χ1) is 8.76. The third kappa shape index (κ3) is 2.63. The lowest BCUT2D eigenvalue weighted by molar-refractivity contribution is 0.379. The minimum absolute atomic E-state index is 0.192. The third-order valence-corrected chi connectivity index (χ3v) is 3.52. The highest BCUT2D eigenvalue weighted by atomic mass is 32.1. The van der Waals surface area contributed by atoms with E-state index in [-0.39, 0.29) is 6.04 Å². The summed E-state index contributed by atoms with van der Waals surface area (Å²) in [5.74, 6) is 1.50. The van der Waals surface area contributed by atoms with E-state index in [2.05, 4.69) is 4.98 Å². The maximum absolute atomic E-state index is 6.25. The molecule has 1 heterocycles. The number of hydrogen-bond donors (Lipinski definition) is 1. The molecule has 0 bridgehead atoms. The van der Waals surface area contributed by atoms with Crippen LogP contribution in [0.1, 0.15) is 16.6 Å². The van der Waals surface area contributed by atoms with Gasteiger partial charge in [-0.3, -0.25) is 0 Å². The maximum atomic E-state index is 6.25. The van der Waals surface area contributed by atoms with Crippen LogP contribution < -0.4 is 15.2 Å². The Kier molecular flexibility index (Phi) is 4.17. The summed E-state index contributed by atoms with van der Waals surface area (Å²) in [5, 5.41) is 2.96. The zero-order chi connectivity index (χ0) is 13.0. The van der Waals surface area contributed by atoms with E-state index in [0.717, 1.165) is 22.1 Å². The quantitative estimate of drug-likeness (QED) is 0.901. The van der Waals surface area contributed by atoms with Gasteiger partial charge in [0.15, 0.2) is 0 Å². The Morgan fingerprint density at radius 1 is 1.28 bits per heavy atom. The van der Waals surface area contributed by atoms with Gasteiger partial charge in [0.1, 0.15) is 11.5 Å². The fraction of sp³-hybridized carbons (Fsp3) is 0.308. The minimum atomic E-state index is -0.192. The second-order valence-corrected chi connectivity index (χ2v) is 4.79. The summed E-state index contributed by atoms with van der Waals surface area (Å²) in [5.41, 5.74) is 7.13. The summed E-state index contributed by atoms with van der Waals surface area (Å²) in [6.45, 7) is 0. The summed E-state index contributed by atoms with van der Waals surface area (Å²) < 4.78 is 10.7. The van der Waals surface area contributed by atoms with E-state index in [1.807, 2.05) is 23.6 Å². The highest BCUT2D eigenvalue weighted by molar-refractivity contribution is 7.09. The lowest BCUT2D eigenvalue weighted by Crippen LogP contribution is -2.15. The molecule has 0 saturated heterocycles. The molecular formula is C13H16N2O2S. The Balaban J connectivity index is 2.30. The Hall–Kier alpha value is -1.59. The second-order valence-electron chi connectivity index (χ2n) is 3.81. The van der Waals surface area contributed by atoms with Crippen LogP contribution in [-0.2, 0) is 6.42 Å². The highest BCUT2D eigenvalue weighted by Gasteiger charge is 2.18. The molecule has 0 spiro atoms. The Morgan fingerprint density at radius 3 is 2.44 bits per heavy atom. The average molecular weight is 264 g/mol. The molecule has 0 fully saturated rings. The molecule has 2 rings (SSSR count). The van der Waals surface area contributed by atoms with E-state index < -0.39 is 0 Å². The fourth-order valence-corrected chi connectivity index (χ4v) is 2.57. The van der Waals surface area contributed by atoms with E-state index in [9.17, 15) is 0 Å². The average Bonchev–Trinajstić information content (AvgIpc) is 2.90. The van der Waals surface area contributed by atoms with Crippen LogP contribution in [0, 0.1) is 0 Å². The number of aromatic nitrogens is 1. The van der Waals surface area contributed by atoms with Gasteiger partial charge >= 0.3 is 0 Å². The van der Waals surface area contributed by atoms with Gasteiger partial charge in [0.05, 0.1) is 24.8 Å². The molecule has 0 aliphatic carbocycles. The van der Waals surface area contributed by atoms with Crippen LogP contribution >= 0.6 is 11.3 Å².